The number of alkyl carbamates (subject to hydrolysis) is 1. The second-order valence-electron chi connectivity index (χ2n) is 36.9. The molecule has 0 aliphatic heterocycles. The van der Waals surface area contributed by atoms with Gasteiger partial charge in [0.25, 0.3) is 0 Å². The van der Waals surface area contributed by atoms with Crippen molar-refractivity contribution in [2.24, 2.45) is 0 Å². The number of benzene rings is 8. The highest BCUT2D eigenvalue weighted by Crippen LogP contribution is 2.36. The normalized spacial score (nSPS) is 11.7. The van der Waals surface area contributed by atoms with Gasteiger partial charge in [-0.3, -0.25) is 4.79 Å². The number of hydrogen-bond acceptors (Lipinski definition) is 17. The van der Waals surface area contributed by atoms with Crippen LogP contribution in [0.25, 0.3) is 0 Å². The van der Waals surface area contributed by atoms with E-state index >= 15 is 0 Å². The highest BCUT2D eigenvalue weighted by molar-refractivity contribution is 5.92. The molecular weight excluding hydrogens is 1680 g/mol. The minimum Gasteiger partial charge on any atom is -0.494 e. The zero-order valence-corrected chi connectivity index (χ0v) is 82.9. The number of methoxy groups -OCH3 is 1. The fourth-order valence-electron chi connectivity index (χ4n) is 15.7. The Hall–Kier alpha value is -10.6. The van der Waals surface area contributed by atoms with Gasteiger partial charge in [-0.05, 0) is 189 Å². The zero-order valence-electron chi connectivity index (χ0n) is 82.9. The monoisotopic (exact) mass is 1840 g/mol. The molecule has 2 amide bonds. The topological polar surface area (TPSA) is 212 Å². The number of esters is 2. The van der Waals surface area contributed by atoms with Crippen molar-refractivity contribution in [3.05, 3.63) is 220 Å². The lowest BCUT2D eigenvalue weighted by Crippen LogP contribution is -2.52. The number of carbonyl (C=O) groups excluding carboxylic acids is 4. The summed E-state index contributed by atoms with van der Waals surface area (Å²) >= 11 is 0. The van der Waals surface area contributed by atoms with Crippen molar-refractivity contribution in [2.75, 3.05) is 33.5 Å². The zero-order chi connectivity index (χ0) is 95.1. The predicted molar refractivity (Wildman–Crippen MR) is 538 cm³/mol. The van der Waals surface area contributed by atoms with Crippen molar-refractivity contribution in [1.29, 1.82) is 0 Å². The van der Waals surface area contributed by atoms with E-state index in [9.17, 15) is 19.2 Å². The lowest BCUT2D eigenvalue weighted by Gasteiger charge is -2.24. The number of hydrogen-bond donors (Lipinski definition) is 2. The smallest absolute Gasteiger partial charge is 0.408 e. The van der Waals surface area contributed by atoms with Crippen LogP contribution in [0, 0.1) is 0 Å². The first-order valence-electron chi connectivity index (χ1n) is 51.2. The first-order chi connectivity index (χ1) is 65.4. The Kier molecular flexibility index (Phi) is 53.5. The van der Waals surface area contributed by atoms with Gasteiger partial charge in [-0.15, -0.1) is 0 Å². The average molecular weight is 1840 g/mol. The Labute approximate surface area is 804 Å². The number of ether oxygens (including phenoxy) is 13. The van der Waals surface area contributed by atoms with Crippen LogP contribution < -0.4 is 62.7 Å². The summed E-state index contributed by atoms with van der Waals surface area (Å²) in [7, 11) is 1.22. The van der Waals surface area contributed by atoms with Crippen LogP contribution in [0.2, 0.25) is 0 Å². The van der Waals surface area contributed by atoms with Gasteiger partial charge < -0.3 is 72.2 Å². The average Bonchev–Trinajstić information content (AvgIpc) is 0.831. The van der Waals surface area contributed by atoms with Gasteiger partial charge in [-0.2, -0.15) is 0 Å². The van der Waals surface area contributed by atoms with Crippen molar-refractivity contribution < 1.29 is 80.8 Å². The van der Waals surface area contributed by atoms with Crippen LogP contribution in [0.3, 0.4) is 0 Å². The van der Waals surface area contributed by atoms with Crippen LogP contribution in [0.4, 0.5) is 4.79 Å². The van der Waals surface area contributed by atoms with Gasteiger partial charge >= 0.3 is 18.0 Å². The fourth-order valence-corrected chi connectivity index (χ4v) is 15.7. The van der Waals surface area contributed by atoms with Crippen molar-refractivity contribution in [3.8, 4) is 63.2 Å². The van der Waals surface area contributed by atoms with Gasteiger partial charge in [-0.1, -0.05) is 332 Å². The summed E-state index contributed by atoms with van der Waals surface area (Å²) in [5.41, 5.74) is 5.19. The van der Waals surface area contributed by atoms with E-state index in [1.807, 2.05) is 133 Å². The molecule has 2 atom stereocenters. The van der Waals surface area contributed by atoms with E-state index in [1.54, 1.807) is 63.2 Å². The van der Waals surface area contributed by atoms with Crippen molar-refractivity contribution >= 4 is 23.9 Å². The number of amides is 2. The largest absolute Gasteiger partial charge is 0.494 e. The van der Waals surface area contributed by atoms with Crippen LogP contribution in [0.1, 0.15) is 362 Å². The Morgan fingerprint density at radius 1 is 0.284 bits per heavy atom. The SMILES string of the molecule is CCCCCCCCCCCCOc1ccc(COc2ccc(COc3cc(OCc4ccc(OCc5ccc(OCCCCCCCCCCCC)cc5)c(OCc5ccc(OCCCCCCCCCCCC)cc5)c4)cc(C(=O)Oc4ccc(CC(NC(=O)OC(C)(C)C)C(=O)NC(C)C(=O)OC)cc4)c3)cc2OCc2ccc(OCCCCCCCCCCCC)cc2)cc1. The minimum atomic E-state index is -1.17. The molecule has 0 saturated carbocycles. The van der Waals surface area contributed by atoms with Crippen LogP contribution in [0.15, 0.2) is 176 Å². The van der Waals surface area contributed by atoms with Crippen LogP contribution in [-0.2, 0) is 65.1 Å². The molecule has 0 radical (unpaired) electrons. The molecule has 0 heterocycles. The lowest BCUT2D eigenvalue weighted by atomic mass is 10.0. The van der Waals surface area contributed by atoms with Crippen LogP contribution >= 0.6 is 0 Å². The number of nitrogens with one attached hydrogen (secondary N) is 2. The molecule has 8 aromatic carbocycles. The Bertz CT molecular complexity index is 4270. The molecular formula is C115H162N2O17. The summed E-state index contributed by atoms with van der Waals surface area (Å²) < 4.78 is 81.2. The molecule has 0 bridgehead atoms. The van der Waals surface area contributed by atoms with Crippen LogP contribution in [-0.4, -0.2) is 75.2 Å². The number of rotatable bonds is 74. The standard InChI is InChI=1S/C115H162N2O17/c1-10-14-18-22-26-30-34-38-42-46-74-123-99-62-52-92(53-63-99)84-129-107-72-60-96(79-109(107)131-86-94-56-66-101(67-57-94)125-76-48-44-40-36-32-28-24-20-16-12-3)88-127-104-81-98(113(120)133-103-70-50-91(51-71-103)78-106(117-114(121)134-115(6,7)8)111(118)116-90(5)112(119)122-9)82-105(83-104)128-89-97-61-73-108(130-85-93-54-64-100(65-55-93)124-75-47-43-39-35-31-27-23-19-15-11-2)110(80-97)132-87-95-58-68-102(69-59-95)126-77-49-45-41-37-33-29-25-21-17-13-4/h50-73,79-83,90,106H,10-49,74-78,84-89H2,1-9H3,(H,116,118)(H,117,121). The molecule has 8 aromatic rings. The van der Waals surface area contributed by atoms with Gasteiger partial charge in [0.05, 0.1) is 39.1 Å². The Morgan fingerprint density at radius 3 is 0.866 bits per heavy atom. The lowest BCUT2D eigenvalue weighted by molar-refractivity contribution is -0.144. The third-order valence-electron chi connectivity index (χ3n) is 23.8. The maximum Gasteiger partial charge on any atom is 0.408 e. The Balaban J connectivity index is 1.01. The predicted octanol–water partition coefficient (Wildman–Crippen LogP) is 29.7. The van der Waals surface area contributed by atoms with E-state index in [4.69, 9.17) is 61.6 Å². The summed E-state index contributed by atoms with van der Waals surface area (Å²) in [6.07, 6.45) is 49.8. The van der Waals surface area contributed by atoms with Crippen molar-refractivity contribution in [2.45, 2.75) is 376 Å². The highest BCUT2D eigenvalue weighted by atomic mass is 16.6. The number of carbonyl (C=O) groups is 4. The molecule has 0 spiro atoms. The second-order valence-corrected chi connectivity index (χ2v) is 36.9. The molecule has 0 aromatic heterocycles. The Morgan fingerprint density at radius 2 is 0.560 bits per heavy atom. The van der Waals surface area contributed by atoms with Crippen molar-refractivity contribution in [1.82, 2.24) is 10.6 Å². The summed E-state index contributed by atoms with van der Waals surface area (Å²) in [5, 5.41) is 5.27. The molecule has 0 fully saturated rings. The molecule has 2 N–H and O–H groups in total. The van der Waals surface area contributed by atoms with Crippen molar-refractivity contribution in [3.63, 3.8) is 0 Å². The van der Waals surface area contributed by atoms with E-state index in [-0.39, 0.29) is 57.4 Å². The van der Waals surface area contributed by atoms with E-state index in [2.05, 4.69) is 38.3 Å². The first-order valence-corrected chi connectivity index (χ1v) is 51.2. The third-order valence-corrected chi connectivity index (χ3v) is 23.8. The minimum absolute atomic E-state index is 0.0132. The van der Waals surface area contributed by atoms with E-state index in [0.717, 1.165) is 94.9 Å². The maximum atomic E-state index is 14.7. The highest BCUT2D eigenvalue weighted by Gasteiger charge is 2.28. The van der Waals surface area contributed by atoms with E-state index in [1.165, 1.54) is 232 Å². The molecule has 0 aliphatic carbocycles. The molecule has 0 aliphatic rings. The fraction of sp³-hybridized carbons (Fsp3) is 0.548. The van der Waals surface area contributed by atoms with E-state index < -0.39 is 41.6 Å². The quantitative estimate of drug-likeness (QED) is 0.0206. The molecule has 134 heavy (non-hydrogen) atoms. The van der Waals surface area contributed by atoms with Gasteiger partial charge in [0, 0.05) is 12.5 Å². The molecule has 0 saturated heterocycles. The van der Waals surface area contributed by atoms with Gasteiger partial charge in [0.1, 0.15) is 97.6 Å². The summed E-state index contributed by atoms with van der Waals surface area (Å²) in [6.45, 7) is 19.5. The summed E-state index contributed by atoms with van der Waals surface area (Å²) in [5.74, 6) is 4.18. The molecule has 8 rings (SSSR count). The van der Waals surface area contributed by atoms with E-state index in [0.29, 0.717) is 66.5 Å². The number of unbranched alkanes of at least 4 members (excludes halogenated alkanes) is 36. The molecule has 734 valence electrons. The first kappa shape index (κ1) is 109. The van der Waals surface area contributed by atoms with Gasteiger partial charge in [-0.25, -0.2) is 14.4 Å². The third kappa shape index (κ3) is 46.6. The summed E-state index contributed by atoms with van der Waals surface area (Å²) in [4.78, 5) is 53.9. The molecule has 2 unspecified atom stereocenters. The van der Waals surface area contributed by atoms with Gasteiger partial charge in [0.2, 0.25) is 5.91 Å². The molecule has 19 heteroatoms. The molecule has 19 nitrogen and oxygen atoms in total. The van der Waals surface area contributed by atoms with Gasteiger partial charge in [0.15, 0.2) is 23.0 Å². The van der Waals surface area contributed by atoms with Crippen LogP contribution in [0.5, 0.6) is 63.2 Å². The summed E-state index contributed by atoms with van der Waals surface area (Å²) in [6, 6.07) is 53.0. The maximum absolute atomic E-state index is 14.7. The second kappa shape index (κ2) is 66.0.